The van der Waals surface area contributed by atoms with Gasteiger partial charge in [0.05, 0.1) is 43.7 Å². The molecule has 0 saturated heterocycles. The van der Waals surface area contributed by atoms with Crippen LogP contribution in [-0.2, 0) is 6.54 Å². The molecule has 0 unspecified atom stereocenters. The van der Waals surface area contributed by atoms with Crippen molar-refractivity contribution in [3.8, 4) is 22.9 Å². The lowest BCUT2D eigenvalue weighted by molar-refractivity contribution is -0.384. The molecule has 0 atom stereocenters. The van der Waals surface area contributed by atoms with Crippen molar-refractivity contribution in [1.29, 1.82) is 5.26 Å². The van der Waals surface area contributed by atoms with Crippen molar-refractivity contribution in [2.45, 2.75) is 13.5 Å². The number of carboxylic acids is 1. The van der Waals surface area contributed by atoms with E-state index in [1.165, 1.54) is 33.5 Å². The van der Waals surface area contributed by atoms with Gasteiger partial charge in [-0.1, -0.05) is 11.6 Å². The highest BCUT2D eigenvalue weighted by Gasteiger charge is 2.20. The highest BCUT2D eigenvalue weighted by Crippen LogP contribution is 2.39. The molecule has 0 aliphatic heterocycles. The normalized spacial score (nSPS) is 11.0. The zero-order chi connectivity index (χ0) is 27.8. The van der Waals surface area contributed by atoms with Gasteiger partial charge in [0.25, 0.3) is 11.2 Å². The summed E-state index contributed by atoms with van der Waals surface area (Å²) in [5.41, 5.74) is 0.858. The van der Waals surface area contributed by atoms with Crippen molar-refractivity contribution in [2.75, 3.05) is 6.61 Å². The molecule has 194 valence electrons. The first-order valence-corrected chi connectivity index (χ1v) is 12.6. The van der Waals surface area contributed by atoms with E-state index in [-0.39, 0.29) is 40.9 Å². The molecule has 0 spiro atoms. The fourth-order valence-electron chi connectivity index (χ4n) is 4.28. The SMILES string of the molecule is Cc1nc2cc([N+](=O)[O-])cc(C#N)c2c(=O)n1CCOc1ccc(Cl)cc1-c1ccnc2c(C(=O)O)csc12. The van der Waals surface area contributed by atoms with Crippen LogP contribution in [0.25, 0.3) is 32.2 Å². The molecule has 2 aromatic carbocycles. The number of aromatic carboxylic acids is 1. The number of non-ortho nitro benzene ring substituents is 1. The van der Waals surface area contributed by atoms with E-state index in [9.17, 15) is 30.1 Å². The molecule has 0 aliphatic carbocycles. The van der Waals surface area contributed by atoms with Gasteiger partial charge in [-0.15, -0.1) is 11.3 Å². The third-order valence-corrected chi connectivity index (χ3v) is 7.29. The number of aryl methyl sites for hydroxylation is 1. The zero-order valence-electron chi connectivity index (χ0n) is 20.0. The summed E-state index contributed by atoms with van der Waals surface area (Å²) in [7, 11) is 0. The summed E-state index contributed by atoms with van der Waals surface area (Å²) in [5, 5.41) is 32.2. The lowest BCUT2D eigenvalue weighted by atomic mass is 10.0. The number of carboxylic acid groups (broad SMARTS) is 1. The van der Waals surface area contributed by atoms with Crippen molar-refractivity contribution < 1.29 is 19.6 Å². The van der Waals surface area contributed by atoms with Gasteiger partial charge >= 0.3 is 5.97 Å². The summed E-state index contributed by atoms with van der Waals surface area (Å²) < 4.78 is 8.05. The molecule has 13 heteroatoms. The Bertz CT molecular complexity index is 1930. The quantitative estimate of drug-likeness (QED) is 0.208. The minimum absolute atomic E-state index is 0.00742. The van der Waals surface area contributed by atoms with E-state index in [1.54, 1.807) is 31.2 Å². The molecule has 0 radical (unpaired) electrons. The molecule has 5 rings (SSSR count). The highest BCUT2D eigenvalue weighted by molar-refractivity contribution is 7.18. The van der Waals surface area contributed by atoms with Crippen molar-refractivity contribution in [2.24, 2.45) is 0 Å². The number of rotatable bonds is 7. The predicted octanol–water partition coefficient (Wildman–Crippen LogP) is 5.19. The van der Waals surface area contributed by atoms with Crippen molar-refractivity contribution >= 4 is 55.7 Å². The van der Waals surface area contributed by atoms with Gasteiger partial charge in [0.15, 0.2) is 0 Å². The van der Waals surface area contributed by atoms with Gasteiger partial charge in [0, 0.05) is 39.9 Å². The number of fused-ring (bicyclic) bond motifs is 2. The average molecular weight is 562 g/mol. The van der Waals surface area contributed by atoms with E-state index >= 15 is 0 Å². The molecule has 39 heavy (non-hydrogen) atoms. The summed E-state index contributed by atoms with van der Waals surface area (Å²) in [5.74, 6) is -0.329. The maximum Gasteiger partial charge on any atom is 0.338 e. The Kier molecular flexibility index (Phi) is 6.69. The number of nitro benzene ring substituents is 1. The topological polar surface area (TPSA) is 161 Å². The Balaban J connectivity index is 1.49. The molecule has 3 heterocycles. The van der Waals surface area contributed by atoms with E-state index < -0.39 is 16.5 Å². The van der Waals surface area contributed by atoms with Gasteiger partial charge in [-0.2, -0.15) is 5.26 Å². The maximum atomic E-state index is 13.3. The van der Waals surface area contributed by atoms with Gasteiger partial charge in [0.2, 0.25) is 0 Å². The molecule has 3 aromatic heterocycles. The second-order valence-corrected chi connectivity index (χ2v) is 9.67. The predicted molar refractivity (Wildman–Crippen MR) is 145 cm³/mol. The first-order chi connectivity index (χ1) is 18.7. The van der Waals surface area contributed by atoms with Crippen LogP contribution < -0.4 is 10.3 Å². The van der Waals surface area contributed by atoms with Gasteiger partial charge in [-0.25, -0.2) is 9.78 Å². The summed E-state index contributed by atoms with van der Waals surface area (Å²) in [6, 6.07) is 10.8. The molecule has 0 aliphatic rings. The van der Waals surface area contributed by atoms with Crippen LogP contribution in [0.3, 0.4) is 0 Å². The summed E-state index contributed by atoms with van der Waals surface area (Å²) in [6.07, 6.45) is 1.52. The Morgan fingerprint density at radius 2 is 2.08 bits per heavy atom. The van der Waals surface area contributed by atoms with Crippen LogP contribution in [-0.4, -0.2) is 37.1 Å². The average Bonchev–Trinajstić information content (AvgIpc) is 3.35. The van der Waals surface area contributed by atoms with Crippen LogP contribution >= 0.6 is 22.9 Å². The Morgan fingerprint density at radius 1 is 1.28 bits per heavy atom. The van der Waals surface area contributed by atoms with Crippen LogP contribution in [0.4, 0.5) is 5.69 Å². The van der Waals surface area contributed by atoms with Crippen LogP contribution in [0.1, 0.15) is 21.7 Å². The molecular weight excluding hydrogens is 546 g/mol. The fourth-order valence-corrected chi connectivity index (χ4v) is 5.48. The van der Waals surface area contributed by atoms with Gasteiger partial charge in [-0.05, 0) is 31.2 Å². The smallest absolute Gasteiger partial charge is 0.338 e. The third-order valence-electron chi connectivity index (χ3n) is 6.05. The highest BCUT2D eigenvalue weighted by atomic mass is 35.5. The van der Waals surface area contributed by atoms with E-state index in [4.69, 9.17) is 16.3 Å². The summed E-state index contributed by atoms with van der Waals surface area (Å²) in [6.45, 7) is 1.70. The number of hydrogen-bond acceptors (Lipinski definition) is 9. The minimum atomic E-state index is -1.08. The number of pyridine rings is 1. The first kappa shape index (κ1) is 25.8. The Morgan fingerprint density at radius 3 is 2.79 bits per heavy atom. The second kappa shape index (κ2) is 10.1. The fraction of sp³-hybridized carbons (Fsp3) is 0.115. The molecule has 0 fully saturated rings. The summed E-state index contributed by atoms with van der Waals surface area (Å²) in [4.78, 5) is 44.0. The third kappa shape index (κ3) is 4.65. The number of nitrogens with zero attached hydrogens (tertiary/aromatic N) is 5. The molecular formula is C26H16ClN5O6S. The lowest BCUT2D eigenvalue weighted by Gasteiger charge is -2.15. The van der Waals surface area contributed by atoms with Gasteiger partial charge in [-0.3, -0.25) is 24.5 Å². The minimum Gasteiger partial charge on any atom is -0.491 e. The number of benzene rings is 2. The molecule has 0 saturated carbocycles. The van der Waals surface area contributed by atoms with E-state index in [2.05, 4.69) is 9.97 Å². The maximum absolute atomic E-state index is 13.3. The van der Waals surface area contributed by atoms with E-state index in [1.807, 2.05) is 6.07 Å². The van der Waals surface area contributed by atoms with Crippen LogP contribution in [0.2, 0.25) is 5.02 Å². The first-order valence-electron chi connectivity index (χ1n) is 11.3. The number of thiophene rings is 1. The van der Waals surface area contributed by atoms with Crippen molar-refractivity contribution in [3.05, 3.63) is 90.4 Å². The van der Waals surface area contributed by atoms with Gasteiger partial charge < -0.3 is 9.84 Å². The number of aromatic nitrogens is 3. The molecule has 11 nitrogen and oxygen atoms in total. The van der Waals surface area contributed by atoms with E-state index in [0.717, 1.165) is 6.07 Å². The Labute approximate surface area is 228 Å². The number of halogens is 1. The van der Waals surface area contributed by atoms with Crippen molar-refractivity contribution in [3.63, 3.8) is 0 Å². The second-order valence-electron chi connectivity index (χ2n) is 8.35. The monoisotopic (exact) mass is 561 g/mol. The van der Waals surface area contributed by atoms with Gasteiger partial charge in [0.1, 0.15) is 24.3 Å². The number of nitriles is 1. The largest absolute Gasteiger partial charge is 0.491 e. The number of hydrogen-bond donors (Lipinski definition) is 1. The molecule has 0 bridgehead atoms. The summed E-state index contributed by atoms with van der Waals surface area (Å²) >= 11 is 7.52. The van der Waals surface area contributed by atoms with Crippen LogP contribution in [0, 0.1) is 28.4 Å². The van der Waals surface area contributed by atoms with E-state index in [0.29, 0.717) is 37.9 Å². The standard InChI is InChI=1S/C26H16ClN5O6S/c1-13-30-20-10-16(32(36)37)8-14(11-28)22(20)25(33)31(13)6-7-38-21-3-2-15(27)9-18(21)17-4-5-29-23-19(26(34)35)12-39-24(17)23/h2-5,8-10,12H,6-7H2,1H3,(H,34,35). The lowest BCUT2D eigenvalue weighted by Crippen LogP contribution is -2.27. The van der Waals surface area contributed by atoms with Crippen molar-refractivity contribution in [1.82, 2.24) is 14.5 Å². The van der Waals surface area contributed by atoms with Crippen LogP contribution in [0.5, 0.6) is 5.75 Å². The molecule has 1 N–H and O–H groups in total. The number of ether oxygens (including phenoxy) is 1. The molecule has 5 aromatic rings. The Hall–Kier alpha value is -4.86. The number of carbonyl (C=O) groups is 1. The number of nitro groups is 1. The molecule has 0 amide bonds. The van der Waals surface area contributed by atoms with Crippen LogP contribution in [0.15, 0.2) is 52.8 Å². The zero-order valence-corrected chi connectivity index (χ0v) is 21.6.